The summed E-state index contributed by atoms with van der Waals surface area (Å²) in [5.74, 6) is 0.600. The highest BCUT2D eigenvalue weighted by molar-refractivity contribution is 5.92. The first-order chi connectivity index (χ1) is 10.0. The minimum Gasteiger partial charge on any atom is -0.361 e. The van der Waals surface area contributed by atoms with Gasteiger partial charge in [-0.1, -0.05) is 5.16 Å². The first kappa shape index (κ1) is 13.9. The number of piperidine rings is 1. The molecule has 3 heterocycles. The third kappa shape index (κ3) is 2.70. The zero-order valence-corrected chi connectivity index (χ0v) is 12.7. The Morgan fingerprint density at radius 3 is 2.76 bits per heavy atom. The molecule has 0 N–H and O–H groups in total. The second kappa shape index (κ2) is 5.35. The molecule has 1 aliphatic rings. The lowest BCUT2D eigenvalue weighted by molar-refractivity contribution is 0.0661. The minimum absolute atomic E-state index is 0.0573. The Morgan fingerprint density at radius 2 is 2.14 bits per heavy atom. The average molecular weight is 288 g/mol. The van der Waals surface area contributed by atoms with Crippen LogP contribution in [0.1, 0.15) is 46.5 Å². The van der Waals surface area contributed by atoms with Gasteiger partial charge in [0.15, 0.2) is 5.69 Å². The van der Waals surface area contributed by atoms with Crippen molar-refractivity contribution in [2.75, 3.05) is 13.1 Å². The summed E-state index contributed by atoms with van der Waals surface area (Å²) in [6.45, 7) is 7.28. The molecule has 0 aliphatic carbocycles. The highest BCUT2D eigenvalue weighted by atomic mass is 16.5. The van der Waals surface area contributed by atoms with Crippen molar-refractivity contribution in [3.63, 3.8) is 0 Å². The van der Waals surface area contributed by atoms with Gasteiger partial charge in [-0.15, -0.1) is 0 Å². The molecule has 0 spiro atoms. The average Bonchev–Trinajstić information content (AvgIpc) is 3.04. The van der Waals surface area contributed by atoms with Crippen LogP contribution in [0, 0.1) is 20.8 Å². The number of hydrogen-bond donors (Lipinski definition) is 0. The van der Waals surface area contributed by atoms with E-state index in [1.165, 1.54) is 0 Å². The molecule has 0 saturated carbocycles. The molecule has 0 aromatic carbocycles. The molecule has 112 valence electrons. The summed E-state index contributed by atoms with van der Waals surface area (Å²) in [6.07, 6.45) is 2.02. The van der Waals surface area contributed by atoms with Crippen LogP contribution in [0.3, 0.4) is 0 Å². The van der Waals surface area contributed by atoms with Crippen LogP contribution >= 0.6 is 0 Å². The minimum atomic E-state index is -0.0573. The smallest absolute Gasteiger partial charge is 0.276 e. The normalized spacial score (nSPS) is 19.0. The van der Waals surface area contributed by atoms with Gasteiger partial charge in [-0.25, -0.2) is 0 Å². The summed E-state index contributed by atoms with van der Waals surface area (Å²) in [5.41, 5.74) is 2.55. The summed E-state index contributed by atoms with van der Waals surface area (Å²) in [4.78, 5) is 14.3. The molecule has 6 heteroatoms. The van der Waals surface area contributed by atoms with E-state index >= 15 is 0 Å². The quantitative estimate of drug-likeness (QED) is 0.850. The van der Waals surface area contributed by atoms with Crippen LogP contribution in [-0.2, 0) is 0 Å². The molecular formula is C15H20N4O2. The molecule has 0 radical (unpaired) electrons. The number of aromatic nitrogens is 3. The zero-order valence-electron chi connectivity index (χ0n) is 12.7. The van der Waals surface area contributed by atoms with Gasteiger partial charge in [-0.3, -0.25) is 9.48 Å². The van der Waals surface area contributed by atoms with Gasteiger partial charge < -0.3 is 9.42 Å². The Labute approximate surface area is 123 Å². The van der Waals surface area contributed by atoms with Gasteiger partial charge >= 0.3 is 0 Å². The molecule has 2 aromatic heterocycles. The maximum Gasteiger partial charge on any atom is 0.276 e. The van der Waals surface area contributed by atoms with Gasteiger partial charge in [-0.05, 0) is 39.7 Å². The monoisotopic (exact) mass is 288 g/mol. The van der Waals surface area contributed by atoms with Crippen LogP contribution in [0.2, 0.25) is 0 Å². The molecule has 3 rings (SSSR count). The van der Waals surface area contributed by atoms with E-state index in [1.807, 2.05) is 16.5 Å². The van der Waals surface area contributed by atoms with E-state index in [0.29, 0.717) is 18.0 Å². The van der Waals surface area contributed by atoms with E-state index in [-0.39, 0.29) is 11.9 Å². The van der Waals surface area contributed by atoms with E-state index in [9.17, 15) is 4.79 Å². The molecule has 1 aliphatic heterocycles. The molecule has 1 atom stereocenters. The summed E-state index contributed by atoms with van der Waals surface area (Å²) < 4.78 is 7.04. The maximum absolute atomic E-state index is 12.5. The van der Waals surface area contributed by atoms with Crippen LogP contribution in [-0.4, -0.2) is 38.8 Å². The first-order valence-corrected chi connectivity index (χ1v) is 7.30. The van der Waals surface area contributed by atoms with Crippen molar-refractivity contribution in [1.82, 2.24) is 19.8 Å². The second-order valence-electron chi connectivity index (χ2n) is 5.74. The van der Waals surface area contributed by atoms with Crippen LogP contribution in [0.4, 0.5) is 0 Å². The third-order valence-electron chi connectivity index (χ3n) is 3.92. The highest BCUT2D eigenvalue weighted by Crippen LogP contribution is 2.24. The van der Waals surface area contributed by atoms with E-state index in [0.717, 1.165) is 30.8 Å². The van der Waals surface area contributed by atoms with Crippen molar-refractivity contribution >= 4 is 5.91 Å². The summed E-state index contributed by atoms with van der Waals surface area (Å²) in [6, 6.07) is 4.00. The molecule has 21 heavy (non-hydrogen) atoms. The van der Waals surface area contributed by atoms with Crippen molar-refractivity contribution in [3.8, 4) is 0 Å². The molecule has 6 nitrogen and oxygen atoms in total. The van der Waals surface area contributed by atoms with E-state index in [1.54, 1.807) is 13.0 Å². The molecule has 1 saturated heterocycles. The third-order valence-corrected chi connectivity index (χ3v) is 3.92. The van der Waals surface area contributed by atoms with Crippen LogP contribution in [0.25, 0.3) is 0 Å². The second-order valence-corrected chi connectivity index (χ2v) is 5.74. The van der Waals surface area contributed by atoms with Gasteiger partial charge in [0, 0.05) is 24.8 Å². The maximum atomic E-state index is 12.5. The highest BCUT2D eigenvalue weighted by Gasteiger charge is 2.28. The largest absolute Gasteiger partial charge is 0.361 e. The number of amides is 1. The molecule has 1 amide bonds. The van der Waals surface area contributed by atoms with Crippen molar-refractivity contribution in [2.24, 2.45) is 0 Å². The standard InChI is InChI=1S/C15H20N4O2/c1-10-7-11(2)19(16-10)13-5-4-6-18(9-13)15(20)14-8-12(3)21-17-14/h7-8,13H,4-6,9H2,1-3H3/t13-/m0/s1. The molecule has 0 bridgehead atoms. The Balaban J connectivity index is 1.77. The Bertz CT molecular complexity index is 658. The van der Waals surface area contributed by atoms with Gasteiger partial charge in [0.2, 0.25) is 0 Å². The van der Waals surface area contributed by atoms with E-state index < -0.39 is 0 Å². The van der Waals surface area contributed by atoms with E-state index in [2.05, 4.69) is 23.2 Å². The lowest BCUT2D eigenvalue weighted by Gasteiger charge is -2.33. The lowest BCUT2D eigenvalue weighted by atomic mass is 10.1. The number of carbonyl (C=O) groups is 1. The number of hydrogen-bond acceptors (Lipinski definition) is 4. The number of aryl methyl sites for hydroxylation is 3. The van der Waals surface area contributed by atoms with Gasteiger partial charge in [0.25, 0.3) is 5.91 Å². The Hall–Kier alpha value is -2.11. The summed E-state index contributed by atoms with van der Waals surface area (Å²) in [7, 11) is 0. The molecule has 2 aromatic rings. The topological polar surface area (TPSA) is 64.2 Å². The van der Waals surface area contributed by atoms with Crippen molar-refractivity contribution < 1.29 is 9.32 Å². The Kier molecular flexibility index (Phi) is 3.53. The first-order valence-electron chi connectivity index (χ1n) is 7.30. The molecule has 0 unspecified atom stereocenters. The van der Waals surface area contributed by atoms with Crippen molar-refractivity contribution in [1.29, 1.82) is 0 Å². The predicted octanol–water partition coefficient (Wildman–Crippen LogP) is 2.27. The predicted molar refractivity (Wildman–Crippen MR) is 77.1 cm³/mol. The number of carbonyl (C=O) groups excluding carboxylic acids is 1. The zero-order chi connectivity index (χ0) is 15.0. The number of rotatable bonds is 2. The fourth-order valence-corrected chi connectivity index (χ4v) is 2.98. The molecular weight excluding hydrogens is 268 g/mol. The fourth-order valence-electron chi connectivity index (χ4n) is 2.98. The SMILES string of the molecule is Cc1cc(C)n([C@H]2CCCN(C(=O)c3cc(C)on3)C2)n1. The lowest BCUT2D eigenvalue weighted by Crippen LogP contribution is -2.41. The fraction of sp³-hybridized carbons (Fsp3) is 0.533. The van der Waals surface area contributed by atoms with Crippen LogP contribution < -0.4 is 0 Å². The van der Waals surface area contributed by atoms with Gasteiger partial charge in [-0.2, -0.15) is 5.10 Å². The number of likely N-dealkylation sites (tertiary alicyclic amines) is 1. The van der Waals surface area contributed by atoms with Crippen LogP contribution in [0.15, 0.2) is 16.7 Å². The van der Waals surface area contributed by atoms with Gasteiger partial charge in [0.05, 0.1) is 11.7 Å². The van der Waals surface area contributed by atoms with Crippen molar-refractivity contribution in [3.05, 3.63) is 35.0 Å². The van der Waals surface area contributed by atoms with Gasteiger partial charge in [0.1, 0.15) is 5.76 Å². The van der Waals surface area contributed by atoms with Crippen molar-refractivity contribution in [2.45, 2.75) is 39.7 Å². The summed E-state index contributed by atoms with van der Waals surface area (Å²) >= 11 is 0. The number of nitrogens with zero attached hydrogens (tertiary/aromatic N) is 4. The molecule has 1 fully saturated rings. The summed E-state index contributed by atoms with van der Waals surface area (Å²) in [5, 5.41) is 8.37. The Morgan fingerprint density at radius 1 is 1.33 bits per heavy atom. The van der Waals surface area contributed by atoms with Crippen LogP contribution in [0.5, 0.6) is 0 Å². The van der Waals surface area contributed by atoms with E-state index in [4.69, 9.17) is 4.52 Å².